The van der Waals surface area contributed by atoms with E-state index in [9.17, 15) is 4.79 Å². The Kier molecular flexibility index (Phi) is 3.96. The lowest BCUT2D eigenvalue weighted by Gasteiger charge is -2.21. The SMILES string of the molecule is CCc1ccc(-c2noc(CC3NCCNC3=O)n2)cc1. The standard InChI is InChI=1S/C15H18N4O2/c1-2-10-3-5-11(6-4-10)14-18-13(21-19-14)9-12-15(20)17-8-7-16-12/h3-6,12,16H,2,7-9H2,1H3,(H,17,20). The van der Waals surface area contributed by atoms with Gasteiger partial charge in [0, 0.05) is 18.7 Å². The third-order valence-corrected chi connectivity index (χ3v) is 3.60. The molecule has 1 aromatic carbocycles. The number of rotatable bonds is 4. The molecule has 1 aliphatic rings. The number of aromatic nitrogens is 2. The second kappa shape index (κ2) is 6.05. The Balaban J connectivity index is 1.71. The van der Waals surface area contributed by atoms with Crippen LogP contribution in [0.3, 0.4) is 0 Å². The van der Waals surface area contributed by atoms with E-state index >= 15 is 0 Å². The van der Waals surface area contributed by atoms with Gasteiger partial charge in [0.2, 0.25) is 17.6 Å². The van der Waals surface area contributed by atoms with Crippen LogP contribution in [0.5, 0.6) is 0 Å². The Morgan fingerprint density at radius 1 is 1.29 bits per heavy atom. The Labute approximate surface area is 122 Å². The molecule has 110 valence electrons. The quantitative estimate of drug-likeness (QED) is 0.874. The second-order valence-corrected chi connectivity index (χ2v) is 5.06. The van der Waals surface area contributed by atoms with Crippen molar-refractivity contribution in [2.75, 3.05) is 13.1 Å². The molecule has 21 heavy (non-hydrogen) atoms. The number of piperazine rings is 1. The van der Waals surface area contributed by atoms with Crippen molar-refractivity contribution >= 4 is 5.91 Å². The van der Waals surface area contributed by atoms with Crippen LogP contribution in [-0.2, 0) is 17.6 Å². The molecule has 0 bridgehead atoms. The van der Waals surface area contributed by atoms with Crippen LogP contribution in [0.4, 0.5) is 0 Å². The first-order chi connectivity index (χ1) is 10.3. The van der Waals surface area contributed by atoms with Crippen LogP contribution >= 0.6 is 0 Å². The van der Waals surface area contributed by atoms with E-state index in [1.165, 1.54) is 5.56 Å². The van der Waals surface area contributed by atoms with Crippen molar-refractivity contribution in [2.45, 2.75) is 25.8 Å². The molecule has 0 radical (unpaired) electrons. The highest BCUT2D eigenvalue weighted by Gasteiger charge is 2.24. The number of hydrogen-bond donors (Lipinski definition) is 2. The van der Waals surface area contributed by atoms with Gasteiger partial charge in [0.15, 0.2) is 0 Å². The highest BCUT2D eigenvalue weighted by atomic mass is 16.5. The van der Waals surface area contributed by atoms with Crippen molar-refractivity contribution in [1.82, 2.24) is 20.8 Å². The normalized spacial score (nSPS) is 18.5. The van der Waals surface area contributed by atoms with Crippen LogP contribution in [0.1, 0.15) is 18.4 Å². The number of nitrogens with one attached hydrogen (secondary N) is 2. The molecule has 1 unspecified atom stereocenters. The van der Waals surface area contributed by atoms with E-state index in [1.807, 2.05) is 12.1 Å². The summed E-state index contributed by atoms with van der Waals surface area (Å²) in [5, 5.41) is 9.94. The Morgan fingerprint density at radius 3 is 2.81 bits per heavy atom. The van der Waals surface area contributed by atoms with Crippen LogP contribution in [0.15, 0.2) is 28.8 Å². The predicted molar refractivity (Wildman–Crippen MR) is 77.6 cm³/mol. The van der Waals surface area contributed by atoms with E-state index in [0.717, 1.165) is 18.5 Å². The largest absolute Gasteiger partial charge is 0.353 e. The van der Waals surface area contributed by atoms with Crippen LogP contribution in [-0.4, -0.2) is 35.2 Å². The van der Waals surface area contributed by atoms with Crippen molar-refractivity contribution in [3.05, 3.63) is 35.7 Å². The molecule has 1 aliphatic heterocycles. The summed E-state index contributed by atoms with van der Waals surface area (Å²) in [7, 11) is 0. The summed E-state index contributed by atoms with van der Waals surface area (Å²) < 4.78 is 5.25. The molecule has 2 heterocycles. The fourth-order valence-corrected chi connectivity index (χ4v) is 2.33. The van der Waals surface area contributed by atoms with Gasteiger partial charge in [-0.05, 0) is 12.0 Å². The third kappa shape index (κ3) is 3.11. The Hall–Kier alpha value is -2.21. The van der Waals surface area contributed by atoms with Crippen molar-refractivity contribution in [2.24, 2.45) is 0 Å². The Morgan fingerprint density at radius 2 is 2.10 bits per heavy atom. The lowest BCUT2D eigenvalue weighted by atomic mass is 10.1. The van der Waals surface area contributed by atoms with Gasteiger partial charge >= 0.3 is 0 Å². The van der Waals surface area contributed by atoms with Gasteiger partial charge in [-0.2, -0.15) is 4.98 Å². The summed E-state index contributed by atoms with van der Waals surface area (Å²) in [4.78, 5) is 16.0. The molecule has 6 nitrogen and oxygen atoms in total. The van der Waals surface area contributed by atoms with Crippen LogP contribution in [0.2, 0.25) is 0 Å². The number of carbonyl (C=O) groups is 1. The molecule has 3 rings (SSSR count). The minimum atomic E-state index is -0.297. The average molecular weight is 286 g/mol. The van der Waals surface area contributed by atoms with Gasteiger partial charge in [0.1, 0.15) is 0 Å². The second-order valence-electron chi connectivity index (χ2n) is 5.06. The topological polar surface area (TPSA) is 80.0 Å². The first-order valence-electron chi connectivity index (χ1n) is 7.19. The van der Waals surface area contributed by atoms with Crippen molar-refractivity contribution in [1.29, 1.82) is 0 Å². The number of carbonyl (C=O) groups excluding carboxylic acids is 1. The van der Waals surface area contributed by atoms with Gasteiger partial charge in [-0.1, -0.05) is 36.3 Å². The van der Waals surface area contributed by atoms with Crippen LogP contribution in [0.25, 0.3) is 11.4 Å². The van der Waals surface area contributed by atoms with Gasteiger partial charge in [-0.25, -0.2) is 0 Å². The lowest BCUT2D eigenvalue weighted by molar-refractivity contribution is -0.124. The molecule has 1 amide bonds. The molecule has 0 aliphatic carbocycles. The predicted octanol–water partition coefficient (Wildman–Crippen LogP) is 0.929. The van der Waals surface area contributed by atoms with Crippen molar-refractivity contribution < 1.29 is 9.32 Å². The fourth-order valence-electron chi connectivity index (χ4n) is 2.33. The monoisotopic (exact) mass is 286 g/mol. The van der Waals surface area contributed by atoms with Crippen molar-refractivity contribution in [3.63, 3.8) is 0 Å². The summed E-state index contributed by atoms with van der Waals surface area (Å²) >= 11 is 0. The molecule has 1 saturated heterocycles. The van der Waals surface area contributed by atoms with Gasteiger partial charge in [-0.15, -0.1) is 0 Å². The molecule has 2 aromatic rings. The van der Waals surface area contributed by atoms with Gasteiger partial charge < -0.3 is 15.2 Å². The lowest BCUT2D eigenvalue weighted by Crippen LogP contribution is -2.53. The van der Waals surface area contributed by atoms with Crippen LogP contribution < -0.4 is 10.6 Å². The van der Waals surface area contributed by atoms with Gasteiger partial charge in [0.05, 0.1) is 12.5 Å². The molecule has 2 N–H and O–H groups in total. The number of benzene rings is 1. The number of nitrogens with zero attached hydrogens (tertiary/aromatic N) is 2. The maximum atomic E-state index is 11.7. The van der Waals surface area contributed by atoms with E-state index in [-0.39, 0.29) is 11.9 Å². The van der Waals surface area contributed by atoms with E-state index in [0.29, 0.717) is 24.7 Å². The maximum Gasteiger partial charge on any atom is 0.237 e. The first-order valence-corrected chi connectivity index (χ1v) is 7.19. The zero-order valence-corrected chi connectivity index (χ0v) is 11.9. The summed E-state index contributed by atoms with van der Waals surface area (Å²) in [6.45, 7) is 3.54. The van der Waals surface area contributed by atoms with Gasteiger partial charge in [-0.3, -0.25) is 4.79 Å². The summed E-state index contributed by atoms with van der Waals surface area (Å²) in [6.07, 6.45) is 1.41. The number of amides is 1. The highest BCUT2D eigenvalue weighted by molar-refractivity contribution is 5.82. The summed E-state index contributed by atoms with van der Waals surface area (Å²) in [6, 6.07) is 7.79. The average Bonchev–Trinajstić information content (AvgIpc) is 2.98. The molecule has 0 saturated carbocycles. The van der Waals surface area contributed by atoms with Crippen LogP contribution in [0, 0.1) is 0 Å². The maximum absolute atomic E-state index is 11.7. The van der Waals surface area contributed by atoms with Gasteiger partial charge in [0.25, 0.3) is 0 Å². The Bertz CT molecular complexity index is 621. The van der Waals surface area contributed by atoms with Crippen molar-refractivity contribution in [3.8, 4) is 11.4 Å². The third-order valence-electron chi connectivity index (χ3n) is 3.60. The fraction of sp³-hybridized carbons (Fsp3) is 0.400. The molecule has 1 aromatic heterocycles. The highest BCUT2D eigenvalue weighted by Crippen LogP contribution is 2.17. The molecular formula is C15H18N4O2. The zero-order valence-electron chi connectivity index (χ0n) is 11.9. The molecule has 6 heteroatoms. The summed E-state index contributed by atoms with van der Waals surface area (Å²) in [5.41, 5.74) is 2.19. The molecule has 1 fully saturated rings. The number of aryl methyl sites for hydroxylation is 1. The van der Waals surface area contributed by atoms with E-state index in [1.54, 1.807) is 0 Å². The van der Waals surface area contributed by atoms with E-state index < -0.39 is 0 Å². The van der Waals surface area contributed by atoms with E-state index in [4.69, 9.17) is 4.52 Å². The van der Waals surface area contributed by atoms with E-state index in [2.05, 4.69) is 39.8 Å². The smallest absolute Gasteiger partial charge is 0.237 e. The number of hydrogen-bond acceptors (Lipinski definition) is 5. The minimum Gasteiger partial charge on any atom is -0.353 e. The first kappa shape index (κ1) is 13.8. The summed E-state index contributed by atoms with van der Waals surface area (Å²) in [5.74, 6) is 1.01. The molecular weight excluding hydrogens is 268 g/mol. The zero-order chi connectivity index (χ0) is 14.7. The molecule has 1 atom stereocenters. The minimum absolute atomic E-state index is 0.0201. The molecule has 0 spiro atoms.